The van der Waals surface area contributed by atoms with E-state index < -0.39 is 5.60 Å². The zero-order valence-electron chi connectivity index (χ0n) is 9.45. The molecule has 2 heterocycles. The quantitative estimate of drug-likeness (QED) is 0.678. The first-order chi connectivity index (χ1) is 7.69. The van der Waals surface area contributed by atoms with Crippen molar-refractivity contribution in [2.75, 3.05) is 7.11 Å². The third kappa shape index (κ3) is 0.990. The summed E-state index contributed by atoms with van der Waals surface area (Å²) < 4.78 is 10.8. The smallest absolute Gasteiger partial charge is 0.342 e. The fraction of sp³-hybridized carbons (Fsp3) is 0.462. The molecule has 0 saturated carbocycles. The SMILES string of the molecule is COC(=O)C12CCC(O1)c1c(C)cccc12. The van der Waals surface area contributed by atoms with Gasteiger partial charge in [0.2, 0.25) is 0 Å². The Kier molecular flexibility index (Phi) is 1.89. The number of hydrogen-bond acceptors (Lipinski definition) is 3. The third-order valence-corrected chi connectivity index (χ3v) is 3.70. The van der Waals surface area contributed by atoms with Crippen LogP contribution in [0.5, 0.6) is 0 Å². The molecule has 84 valence electrons. The van der Waals surface area contributed by atoms with Crippen molar-refractivity contribution in [3.8, 4) is 0 Å². The van der Waals surface area contributed by atoms with Crippen molar-refractivity contribution < 1.29 is 14.3 Å². The molecule has 2 aliphatic heterocycles. The van der Waals surface area contributed by atoms with Crippen molar-refractivity contribution in [1.29, 1.82) is 0 Å². The molecule has 3 rings (SSSR count). The molecule has 1 aromatic carbocycles. The molecular weight excluding hydrogens is 204 g/mol. The number of fused-ring (bicyclic) bond motifs is 5. The first-order valence-corrected chi connectivity index (χ1v) is 5.55. The number of carbonyl (C=O) groups is 1. The molecule has 2 unspecified atom stereocenters. The van der Waals surface area contributed by atoms with Gasteiger partial charge in [0.15, 0.2) is 5.60 Å². The van der Waals surface area contributed by atoms with E-state index in [1.807, 2.05) is 12.1 Å². The van der Waals surface area contributed by atoms with E-state index in [4.69, 9.17) is 9.47 Å². The Bertz CT molecular complexity index is 466. The van der Waals surface area contributed by atoms with Gasteiger partial charge in [-0.25, -0.2) is 4.79 Å². The van der Waals surface area contributed by atoms with Gasteiger partial charge < -0.3 is 9.47 Å². The average molecular weight is 218 g/mol. The third-order valence-electron chi connectivity index (χ3n) is 3.70. The molecule has 0 aliphatic carbocycles. The maximum Gasteiger partial charge on any atom is 0.342 e. The second-order valence-electron chi connectivity index (χ2n) is 4.50. The van der Waals surface area contributed by atoms with Gasteiger partial charge in [0.1, 0.15) is 0 Å². The van der Waals surface area contributed by atoms with Crippen LogP contribution in [-0.2, 0) is 19.9 Å². The molecule has 3 nitrogen and oxygen atoms in total. The number of aryl methyl sites for hydroxylation is 1. The number of hydrogen-bond donors (Lipinski definition) is 0. The highest BCUT2D eigenvalue weighted by Crippen LogP contribution is 2.56. The van der Waals surface area contributed by atoms with Gasteiger partial charge in [-0.15, -0.1) is 0 Å². The molecular formula is C13H14O3. The lowest BCUT2D eigenvalue weighted by Crippen LogP contribution is -2.34. The van der Waals surface area contributed by atoms with Gasteiger partial charge in [0, 0.05) is 5.56 Å². The number of carbonyl (C=O) groups excluding carboxylic acids is 1. The van der Waals surface area contributed by atoms with Crippen molar-refractivity contribution in [2.24, 2.45) is 0 Å². The first kappa shape index (κ1) is 9.85. The van der Waals surface area contributed by atoms with E-state index in [1.54, 1.807) is 0 Å². The standard InChI is InChI=1S/C13H14O3/c1-8-4-3-5-9-11(8)10-6-7-13(9,16-10)12(14)15-2/h3-5,10H,6-7H2,1-2H3. The Hall–Kier alpha value is -1.35. The Balaban J connectivity index is 2.21. The molecule has 1 fully saturated rings. The van der Waals surface area contributed by atoms with Gasteiger partial charge in [0.25, 0.3) is 0 Å². The molecule has 1 saturated heterocycles. The van der Waals surface area contributed by atoms with Gasteiger partial charge in [-0.05, 0) is 30.9 Å². The van der Waals surface area contributed by atoms with Gasteiger partial charge in [-0.2, -0.15) is 0 Å². The molecule has 2 aliphatic rings. The predicted octanol–water partition coefficient (Wildman–Crippen LogP) is 2.23. The topological polar surface area (TPSA) is 35.5 Å². The molecule has 2 bridgehead atoms. The minimum atomic E-state index is -0.819. The summed E-state index contributed by atoms with van der Waals surface area (Å²) in [5, 5.41) is 0. The largest absolute Gasteiger partial charge is 0.467 e. The average Bonchev–Trinajstić information content (AvgIpc) is 2.86. The highest BCUT2D eigenvalue weighted by Gasteiger charge is 2.56. The second kappa shape index (κ2) is 3.08. The van der Waals surface area contributed by atoms with Crippen molar-refractivity contribution in [3.63, 3.8) is 0 Å². The summed E-state index contributed by atoms with van der Waals surface area (Å²) >= 11 is 0. The van der Waals surface area contributed by atoms with Crippen LogP contribution in [-0.4, -0.2) is 13.1 Å². The highest BCUT2D eigenvalue weighted by molar-refractivity contribution is 5.84. The number of esters is 1. The Labute approximate surface area is 94.4 Å². The predicted molar refractivity (Wildman–Crippen MR) is 57.9 cm³/mol. The van der Waals surface area contributed by atoms with Crippen LogP contribution in [0.1, 0.15) is 35.6 Å². The summed E-state index contributed by atoms with van der Waals surface area (Å²) in [6.07, 6.45) is 1.73. The Morgan fingerprint density at radius 3 is 3.12 bits per heavy atom. The Morgan fingerprint density at radius 1 is 1.56 bits per heavy atom. The zero-order valence-corrected chi connectivity index (χ0v) is 9.45. The Morgan fingerprint density at radius 2 is 2.38 bits per heavy atom. The van der Waals surface area contributed by atoms with E-state index in [9.17, 15) is 4.79 Å². The molecule has 0 N–H and O–H groups in total. The number of methoxy groups -OCH3 is 1. The van der Waals surface area contributed by atoms with Gasteiger partial charge in [-0.3, -0.25) is 0 Å². The maximum atomic E-state index is 11.9. The lowest BCUT2D eigenvalue weighted by molar-refractivity contribution is -0.166. The summed E-state index contributed by atoms with van der Waals surface area (Å²) in [4.78, 5) is 11.9. The van der Waals surface area contributed by atoms with Gasteiger partial charge >= 0.3 is 5.97 Å². The van der Waals surface area contributed by atoms with E-state index in [2.05, 4.69) is 13.0 Å². The minimum Gasteiger partial charge on any atom is -0.467 e. The summed E-state index contributed by atoms with van der Waals surface area (Å²) in [6.45, 7) is 2.06. The van der Waals surface area contributed by atoms with Crippen molar-refractivity contribution in [1.82, 2.24) is 0 Å². The monoisotopic (exact) mass is 218 g/mol. The highest BCUT2D eigenvalue weighted by atomic mass is 16.6. The molecule has 0 amide bonds. The minimum absolute atomic E-state index is 0.0790. The molecule has 1 aromatic rings. The number of rotatable bonds is 1. The molecule has 0 radical (unpaired) electrons. The van der Waals surface area contributed by atoms with Crippen LogP contribution in [0, 0.1) is 6.92 Å². The van der Waals surface area contributed by atoms with Crippen LogP contribution in [0.2, 0.25) is 0 Å². The number of ether oxygens (including phenoxy) is 2. The fourth-order valence-electron chi connectivity index (χ4n) is 2.98. The lowest BCUT2D eigenvalue weighted by Gasteiger charge is -2.23. The van der Waals surface area contributed by atoms with Crippen molar-refractivity contribution in [2.45, 2.75) is 31.5 Å². The normalized spacial score (nSPS) is 30.2. The van der Waals surface area contributed by atoms with Crippen LogP contribution in [0.15, 0.2) is 18.2 Å². The lowest BCUT2D eigenvalue weighted by atomic mass is 9.80. The number of benzene rings is 1. The van der Waals surface area contributed by atoms with Crippen LogP contribution in [0.4, 0.5) is 0 Å². The summed E-state index contributed by atoms with van der Waals surface area (Å²) in [5.41, 5.74) is 2.59. The summed E-state index contributed by atoms with van der Waals surface area (Å²) in [6, 6.07) is 6.02. The fourth-order valence-corrected chi connectivity index (χ4v) is 2.98. The van der Waals surface area contributed by atoms with E-state index in [1.165, 1.54) is 18.2 Å². The van der Waals surface area contributed by atoms with Crippen molar-refractivity contribution in [3.05, 3.63) is 34.9 Å². The summed E-state index contributed by atoms with van der Waals surface area (Å²) in [5.74, 6) is -0.264. The molecule has 3 heteroatoms. The zero-order chi connectivity index (χ0) is 11.3. The van der Waals surface area contributed by atoms with Gasteiger partial charge in [0.05, 0.1) is 13.2 Å². The van der Waals surface area contributed by atoms with Crippen LogP contribution in [0.25, 0.3) is 0 Å². The molecule has 2 atom stereocenters. The van der Waals surface area contributed by atoms with E-state index in [0.29, 0.717) is 0 Å². The maximum absolute atomic E-state index is 11.9. The molecule has 0 aromatic heterocycles. The van der Waals surface area contributed by atoms with E-state index in [-0.39, 0.29) is 12.1 Å². The van der Waals surface area contributed by atoms with Crippen LogP contribution >= 0.6 is 0 Å². The summed E-state index contributed by atoms with van der Waals surface area (Å²) in [7, 11) is 1.42. The van der Waals surface area contributed by atoms with Crippen LogP contribution < -0.4 is 0 Å². The molecule has 0 spiro atoms. The van der Waals surface area contributed by atoms with Crippen molar-refractivity contribution >= 4 is 5.97 Å². The van der Waals surface area contributed by atoms with Gasteiger partial charge in [-0.1, -0.05) is 18.2 Å². The van der Waals surface area contributed by atoms with E-state index in [0.717, 1.165) is 18.4 Å². The first-order valence-electron chi connectivity index (χ1n) is 5.55. The van der Waals surface area contributed by atoms with E-state index >= 15 is 0 Å². The molecule has 16 heavy (non-hydrogen) atoms. The van der Waals surface area contributed by atoms with Crippen LogP contribution in [0.3, 0.4) is 0 Å². The second-order valence-corrected chi connectivity index (χ2v) is 4.50.